The van der Waals surface area contributed by atoms with Gasteiger partial charge in [0, 0.05) is 17.5 Å². The molecule has 1 atom stereocenters. The van der Waals surface area contributed by atoms with Crippen molar-refractivity contribution in [3.05, 3.63) is 59.7 Å². The topological polar surface area (TPSA) is 116 Å². The number of phenols is 1. The van der Waals surface area contributed by atoms with Crippen molar-refractivity contribution in [2.45, 2.75) is 12.5 Å². The van der Waals surface area contributed by atoms with E-state index < -0.39 is 26.1 Å². The van der Waals surface area contributed by atoms with Crippen LogP contribution in [0.3, 0.4) is 0 Å². The largest absolute Gasteiger partial charge is 0.507 e. The van der Waals surface area contributed by atoms with E-state index in [-0.39, 0.29) is 17.9 Å². The minimum absolute atomic E-state index is 0.00658. The molecule has 0 aromatic heterocycles. The SMILES string of the molecule is CS(=O)(=O)Nc1ccccc1C1CC(c2ccccc2O)=NN1S(C)(=O)=O. The predicted molar refractivity (Wildman–Crippen MR) is 104 cm³/mol. The second-order valence-electron chi connectivity index (χ2n) is 6.28. The summed E-state index contributed by atoms with van der Waals surface area (Å²) in [5, 5.41) is 14.3. The maximum atomic E-state index is 12.3. The number of aromatic hydroxyl groups is 1. The second-order valence-corrected chi connectivity index (χ2v) is 9.87. The van der Waals surface area contributed by atoms with Crippen LogP contribution >= 0.6 is 0 Å². The number of rotatable bonds is 5. The van der Waals surface area contributed by atoms with Crippen LogP contribution in [-0.2, 0) is 20.0 Å². The van der Waals surface area contributed by atoms with Crippen molar-refractivity contribution >= 4 is 31.4 Å². The number of sulfonamides is 2. The Morgan fingerprint density at radius 1 is 1.04 bits per heavy atom. The van der Waals surface area contributed by atoms with E-state index in [1.807, 2.05) is 0 Å². The van der Waals surface area contributed by atoms with E-state index >= 15 is 0 Å². The highest BCUT2D eigenvalue weighted by Crippen LogP contribution is 2.39. The zero-order valence-corrected chi connectivity index (χ0v) is 16.3. The Labute approximate surface area is 158 Å². The van der Waals surface area contributed by atoms with Crippen LogP contribution in [0.15, 0.2) is 53.6 Å². The highest BCUT2D eigenvalue weighted by atomic mass is 32.2. The summed E-state index contributed by atoms with van der Waals surface area (Å²) in [7, 11) is -7.28. The van der Waals surface area contributed by atoms with Crippen LogP contribution in [0.5, 0.6) is 5.75 Å². The molecule has 1 aliphatic rings. The molecule has 3 rings (SSSR count). The van der Waals surface area contributed by atoms with Gasteiger partial charge in [0.1, 0.15) is 5.75 Å². The van der Waals surface area contributed by atoms with Crippen LogP contribution in [0.25, 0.3) is 0 Å². The first-order valence-electron chi connectivity index (χ1n) is 7.98. The lowest BCUT2D eigenvalue weighted by Gasteiger charge is -2.23. The van der Waals surface area contributed by atoms with Gasteiger partial charge in [0.05, 0.1) is 30.0 Å². The third kappa shape index (κ3) is 4.22. The monoisotopic (exact) mass is 409 g/mol. The van der Waals surface area contributed by atoms with Crippen LogP contribution in [-0.4, -0.2) is 44.6 Å². The standard InChI is InChI=1S/C17H19N3O5S2/c1-26(22,23)19-14-9-5-3-7-12(14)16-11-15(18-20(16)27(2,24)25)13-8-4-6-10-17(13)21/h3-10,16,19,21H,11H2,1-2H3. The van der Waals surface area contributed by atoms with E-state index in [0.29, 0.717) is 16.8 Å². The lowest BCUT2D eigenvalue weighted by atomic mass is 9.97. The molecule has 2 aromatic carbocycles. The summed E-state index contributed by atoms with van der Waals surface area (Å²) in [5.74, 6) is -0.00658. The number of hydrogen-bond acceptors (Lipinski definition) is 6. The summed E-state index contributed by atoms with van der Waals surface area (Å²) in [5.41, 5.74) is 1.59. The van der Waals surface area contributed by atoms with Gasteiger partial charge in [-0.3, -0.25) is 4.72 Å². The number of para-hydroxylation sites is 2. The Morgan fingerprint density at radius 3 is 2.30 bits per heavy atom. The summed E-state index contributed by atoms with van der Waals surface area (Å²) in [6, 6.07) is 12.4. The van der Waals surface area contributed by atoms with Crippen LogP contribution in [0.2, 0.25) is 0 Å². The van der Waals surface area contributed by atoms with Crippen LogP contribution in [0.4, 0.5) is 5.69 Å². The molecule has 2 N–H and O–H groups in total. The fourth-order valence-corrected chi connectivity index (χ4v) is 4.47. The molecule has 0 aliphatic carbocycles. The van der Waals surface area contributed by atoms with Crippen LogP contribution in [0, 0.1) is 0 Å². The van der Waals surface area contributed by atoms with Crippen molar-refractivity contribution in [3.8, 4) is 5.75 Å². The summed E-state index contributed by atoms with van der Waals surface area (Å²) < 4.78 is 51.3. The molecule has 0 fully saturated rings. The van der Waals surface area contributed by atoms with Gasteiger partial charge in [-0.2, -0.15) is 9.52 Å². The molecule has 0 saturated carbocycles. The molecule has 8 nitrogen and oxygen atoms in total. The first-order chi connectivity index (χ1) is 12.6. The first-order valence-corrected chi connectivity index (χ1v) is 11.7. The van der Waals surface area contributed by atoms with E-state index in [0.717, 1.165) is 16.9 Å². The normalized spacial score (nSPS) is 17.6. The first kappa shape index (κ1) is 19.2. The summed E-state index contributed by atoms with van der Waals surface area (Å²) >= 11 is 0. The smallest absolute Gasteiger partial charge is 0.247 e. The van der Waals surface area contributed by atoms with Gasteiger partial charge < -0.3 is 5.11 Å². The average Bonchev–Trinajstić information content (AvgIpc) is 2.99. The molecule has 0 spiro atoms. The molecule has 10 heteroatoms. The fraction of sp³-hybridized carbons (Fsp3) is 0.235. The van der Waals surface area contributed by atoms with Gasteiger partial charge in [0.25, 0.3) is 0 Å². The van der Waals surface area contributed by atoms with E-state index in [2.05, 4.69) is 9.82 Å². The van der Waals surface area contributed by atoms with Crippen LogP contribution in [0.1, 0.15) is 23.6 Å². The highest BCUT2D eigenvalue weighted by Gasteiger charge is 2.36. The molecular weight excluding hydrogens is 390 g/mol. The van der Waals surface area contributed by atoms with Crippen molar-refractivity contribution in [2.75, 3.05) is 17.2 Å². The van der Waals surface area contributed by atoms with Gasteiger partial charge in [-0.1, -0.05) is 30.3 Å². The van der Waals surface area contributed by atoms with Gasteiger partial charge >= 0.3 is 0 Å². The van der Waals surface area contributed by atoms with Crippen LogP contribution < -0.4 is 4.72 Å². The lowest BCUT2D eigenvalue weighted by molar-refractivity contribution is 0.375. The number of benzene rings is 2. The van der Waals surface area contributed by atoms with Crippen molar-refractivity contribution in [1.82, 2.24) is 4.41 Å². The third-order valence-electron chi connectivity index (χ3n) is 4.04. The van der Waals surface area contributed by atoms with Crippen molar-refractivity contribution in [3.63, 3.8) is 0 Å². The molecule has 0 radical (unpaired) electrons. The number of anilines is 1. The summed E-state index contributed by atoms with van der Waals surface area (Å²) in [6.07, 6.45) is 2.24. The van der Waals surface area contributed by atoms with Crippen molar-refractivity contribution in [2.24, 2.45) is 5.10 Å². The minimum atomic E-state index is -3.73. The third-order valence-corrected chi connectivity index (χ3v) is 5.65. The van der Waals surface area contributed by atoms with Gasteiger partial charge in [-0.25, -0.2) is 16.8 Å². The Morgan fingerprint density at radius 2 is 1.67 bits per heavy atom. The summed E-state index contributed by atoms with van der Waals surface area (Å²) in [4.78, 5) is 0. The number of hydrogen-bond donors (Lipinski definition) is 2. The van der Waals surface area contributed by atoms with E-state index in [9.17, 15) is 21.9 Å². The second kappa shape index (κ2) is 6.86. The molecule has 1 unspecified atom stereocenters. The van der Waals surface area contributed by atoms with Crippen molar-refractivity contribution < 1.29 is 21.9 Å². The number of phenolic OH excluding ortho intramolecular Hbond substituents is 1. The van der Waals surface area contributed by atoms with Crippen molar-refractivity contribution in [1.29, 1.82) is 0 Å². The lowest BCUT2D eigenvalue weighted by Crippen LogP contribution is -2.27. The Bertz CT molecular complexity index is 1110. The minimum Gasteiger partial charge on any atom is -0.507 e. The number of nitrogens with zero attached hydrogens (tertiary/aromatic N) is 2. The van der Waals surface area contributed by atoms with E-state index in [1.165, 1.54) is 6.07 Å². The summed E-state index contributed by atoms with van der Waals surface area (Å²) in [6.45, 7) is 0. The number of nitrogens with one attached hydrogen (secondary N) is 1. The Hall–Kier alpha value is -2.59. The zero-order chi connectivity index (χ0) is 19.8. The Kier molecular flexibility index (Phi) is 4.87. The van der Waals surface area contributed by atoms with E-state index in [4.69, 9.17) is 0 Å². The molecule has 0 saturated heterocycles. The van der Waals surface area contributed by atoms with Gasteiger partial charge in [0.2, 0.25) is 20.0 Å². The van der Waals surface area contributed by atoms with Gasteiger partial charge in [-0.05, 0) is 18.2 Å². The highest BCUT2D eigenvalue weighted by molar-refractivity contribution is 7.92. The molecule has 144 valence electrons. The maximum Gasteiger partial charge on any atom is 0.247 e. The Balaban J connectivity index is 2.08. The molecule has 27 heavy (non-hydrogen) atoms. The molecule has 2 aromatic rings. The molecule has 0 amide bonds. The molecule has 1 aliphatic heterocycles. The molecular formula is C17H19N3O5S2. The zero-order valence-electron chi connectivity index (χ0n) is 14.7. The fourth-order valence-electron chi connectivity index (χ4n) is 2.99. The average molecular weight is 409 g/mol. The van der Waals surface area contributed by atoms with Gasteiger partial charge in [-0.15, -0.1) is 0 Å². The quantitative estimate of drug-likeness (QED) is 0.782. The maximum absolute atomic E-state index is 12.3. The number of hydrazone groups is 1. The molecule has 1 heterocycles. The van der Waals surface area contributed by atoms with E-state index in [1.54, 1.807) is 42.5 Å². The van der Waals surface area contributed by atoms with Gasteiger partial charge in [0.15, 0.2) is 0 Å². The molecule has 0 bridgehead atoms. The predicted octanol–water partition coefficient (Wildman–Crippen LogP) is 1.87.